The fourth-order valence-corrected chi connectivity index (χ4v) is 3.81. The maximum absolute atomic E-state index is 13.2. The lowest BCUT2D eigenvalue weighted by atomic mass is 9.73. The van der Waals surface area contributed by atoms with Crippen molar-refractivity contribution in [1.82, 2.24) is 14.5 Å². The Labute approximate surface area is 144 Å². The van der Waals surface area contributed by atoms with E-state index in [1.807, 2.05) is 11.0 Å². The van der Waals surface area contributed by atoms with Crippen LogP contribution in [0, 0.1) is 11.3 Å². The minimum Gasteiger partial charge on any atom is -0.298 e. The molecule has 0 amide bonds. The molecule has 1 aliphatic heterocycles. The third-order valence-electron chi connectivity index (χ3n) is 5.14. The van der Waals surface area contributed by atoms with Gasteiger partial charge in [-0.1, -0.05) is 26.0 Å². The van der Waals surface area contributed by atoms with Crippen molar-refractivity contribution in [2.45, 2.75) is 33.0 Å². The molecule has 1 saturated heterocycles. The minimum absolute atomic E-state index is 0.0675. The van der Waals surface area contributed by atoms with E-state index in [1.165, 1.54) is 4.57 Å². The maximum atomic E-state index is 13.2. The van der Waals surface area contributed by atoms with Crippen molar-refractivity contribution < 1.29 is 13.2 Å². The van der Waals surface area contributed by atoms with Gasteiger partial charge in [-0.05, 0) is 30.5 Å². The molecule has 2 heterocycles. The van der Waals surface area contributed by atoms with Gasteiger partial charge in [0.2, 0.25) is 0 Å². The second kappa shape index (κ2) is 6.12. The Morgan fingerprint density at radius 2 is 1.96 bits per heavy atom. The lowest BCUT2D eigenvalue weighted by Crippen LogP contribution is -2.50. The van der Waals surface area contributed by atoms with Crippen LogP contribution in [0.5, 0.6) is 0 Å². The topological polar surface area (TPSA) is 38.1 Å². The number of benzene rings is 1. The zero-order valence-corrected chi connectivity index (χ0v) is 14.6. The Bertz CT molecular complexity index is 842. The molecule has 3 rings (SSSR count). The first kappa shape index (κ1) is 17.9. The molecule has 1 fully saturated rings. The summed E-state index contributed by atoms with van der Waals surface area (Å²) in [5.74, 6) is -0.727. The molecule has 1 aromatic carbocycles. The molecule has 136 valence electrons. The van der Waals surface area contributed by atoms with E-state index in [1.54, 1.807) is 39.1 Å². The first-order chi connectivity index (χ1) is 11.6. The quantitative estimate of drug-likeness (QED) is 0.831. The number of aromatic nitrogens is 2. The second-order valence-electron chi connectivity index (χ2n) is 7.49. The summed E-state index contributed by atoms with van der Waals surface area (Å²) in [6, 6.07) is 7.11. The Morgan fingerprint density at radius 1 is 1.28 bits per heavy atom. The van der Waals surface area contributed by atoms with E-state index in [4.69, 9.17) is 0 Å². The van der Waals surface area contributed by atoms with Gasteiger partial charge in [-0.2, -0.15) is 13.2 Å². The third-order valence-corrected chi connectivity index (χ3v) is 5.14. The lowest BCUT2D eigenvalue weighted by molar-refractivity contribution is -0.217. The number of halogens is 3. The van der Waals surface area contributed by atoms with Crippen LogP contribution >= 0.6 is 0 Å². The number of alkyl halides is 3. The van der Waals surface area contributed by atoms with E-state index >= 15 is 0 Å². The number of fused-ring (bicyclic) bond motifs is 1. The maximum Gasteiger partial charge on any atom is 0.392 e. The van der Waals surface area contributed by atoms with E-state index in [0.717, 1.165) is 0 Å². The molecule has 1 aromatic heterocycles. The van der Waals surface area contributed by atoms with Gasteiger partial charge in [0.25, 0.3) is 5.56 Å². The van der Waals surface area contributed by atoms with E-state index in [-0.39, 0.29) is 12.0 Å². The number of piperidine rings is 1. The normalized spacial score (nSPS) is 21.6. The predicted molar refractivity (Wildman–Crippen MR) is 90.2 cm³/mol. The van der Waals surface area contributed by atoms with Crippen molar-refractivity contribution in [3.05, 3.63) is 40.4 Å². The van der Waals surface area contributed by atoms with Crippen molar-refractivity contribution in [1.29, 1.82) is 0 Å². The highest BCUT2D eigenvalue weighted by Gasteiger charge is 2.51. The molecule has 0 spiro atoms. The fourth-order valence-electron chi connectivity index (χ4n) is 3.81. The second-order valence-corrected chi connectivity index (χ2v) is 7.49. The molecule has 7 heteroatoms. The molecule has 0 aliphatic carbocycles. The summed E-state index contributed by atoms with van der Waals surface area (Å²) in [6.45, 7) is 4.34. The van der Waals surface area contributed by atoms with Gasteiger partial charge < -0.3 is 0 Å². The fraction of sp³-hybridized carbons (Fsp3) is 0.556. The number of nitrogens with zero attached hydrogens (tertiary/aromatic N) is 3. The van der Waals surface area contributed by atoms with Crippen molar-refractivity contribution >= 4 is 10.9 Å². The van der Waals surface area contributed by atoms with Gasteiger partial charge in [0, 0.05) is 13.6 Å². The van der Waals surface area contributed by atoms with Gasteiger partial charge >= 0.3 is 6.18 Å². The molecular weight excluding hydrogens is 331 g/mol. The highest BCUT2D eigenvalue weighted by Crippen LogP contribution is 2.45. The molecular formula is C18H22F3N3O. The first-order valence-electron chi connectivity index (χ1n) is 8.33. The average Bonchev–Trinajstić information content (AvgIpc) is 2.50. The molecule has 1 aliphatic rings. The Kier molecular flexibility index (Phi) is 4.39. The van der Waals surface area contributed by atoms with E-state index in [9.17, 15) is 18.0 Å². The minimum atomic E-state index is -4.18. The van der Waals surface area contributed by atoms with Gasteiger partial charge in [-0.25, -0.2) is 4.98 Å². The van der Waals surface area contributed by atoms with Gasteiger partial charge in [-0.3, -0.25) is 14.3 Å². The molecule has 4 nitrogen and oxygen atoms in total. The summed E-state index contributed by atoms with van der Waals surface area (Å²) in [6.07, 6.45) is -4.11. The average molecular weight is 353 g/mol. The zero-order chi connectivity index (χ0) is 18.4. The molecule has 0 radical (unpaired) electrons. The highest BCUT2D eigenvalue weighted by molar-refractivity contribution is 5.77. The van der Waals surface area contributed by atoms with Crippen molar-refractivity contribution in [3.8, 4) is 0 Å². The summed E-state index contributed by atoms with van der Waals surface area (Å²) in [7, 11) is 1.66. The molecule has 0 saturated carbocycles. The Balaban J connectivity index is 1.86. The van der Waals surface area contributed by atoms with Crippen LogP contribution < -0.4 is 5.56 Å². The Hall–Kier alpha value is -1.89. The van der Waals surface area contributed by atoms with Crippen LogP contribution in [0.2, 0.25) is 0 Å². The molecule has 1 atom stereocenters. The first-order valence-corrected chi connectivity index (χ1v) is 8.33. The van der Waals surface area contributed by atoms with Crippen LogP contribution in [0.1, 0.15) is 26.1 Å². The number of hydrogen-bond donors (Lipinski definition) is 0. The summed E-state index contributed by atoms with van der Waals surface area (Å²) < 4.78 is 41.1. The SMILES string of the molecule is Cn1c(CN2CCC(C(F)(F)F)C(C)(C)C2)nc2ccccc2c1=O. The standard InChI is InChI=1S/C18H22F3N3O/c1-17(2)11-24(9-8-14(17)18(19,20)21)10-15-22-13-7-5-4-6-12(13)16(25)23(15)3/h4-7,14H,8-11H2,1-3H3. The molecule has 1 unspecified atom stereocenters. The van der Waals surface area contributed by atoms with Crippen molar-refractivity contribution in [2.24, 2.45) is 18.4 Å². The van der Waals surface area contributed by atoms with E-state index < -0.39 is 17.5 Å². The monoisotopic (exact) mass is 353 g/mol. The predicted octanol–water partition coefficient (Wildman–Crippen LogP) is 3.34. The van der Waals surface area contributed by atoms with Gasteiger partial charge in [0.15, 0.2) is 0 Å². The summed E-state index contributed by atoms with van der Waals surface area (Å²) >= 11 is 0. The summed E-state index contributed by atoms with van der Waals surface area (Å²) in [5, 5.41) is 0.546. The van der Waals surface area contributed by atoms with E-state index in [0.29, 0.717) is 36.4 Å². The summed E-state index contributed by atoms with van der Waals surface area (Å²) in [5.41, 5.74) is -0.387. The van der Waals surface area contributed by atoms with Crippen LogP contribution in [0.4, 0.5) is 13.2 Å². The molecule has 0 N–H and O–H groups in total. The van der Waals surface area contributed by atoms with Gasteiger partial charge in [0.1, 0.15) is 5.82 Å². The largest absolute Gasteiger partial charge is 0.392 e. The molecule has 0 bridgehead atoms. The van der Waals surface area contributed by atoms with Crippen LogP contribution in [-0.2, 0) is 13.6 Å². The van der Waals surface area contributed by atoms with Gasteiger partial charge in [-0.15, -0.1) is 0 Å². The van der Waals surface area contributed by atoms with Crippen LogP contribution in [0.25, 0.3) is 10.9 Å². The molecule has 2 aromatic rings. The summed E-state index contributed by atoms with van der Waals surface area (Å²) in [4.78, 5) is 19.0. The Morgan fingerprint density at radius 3 is 2.60 bits per heavy atom. The number of likely N-dealkylation sites (tertiary alicyclic amines) is 1. The van der Waals surface area contributed by atoms with Crippen molar-refractivity contribution in [3.63, 3.8) is 0 Å². The number of hydrogen-bond acceptors (Lipinski definition) is 3. The zero-order valence-electron chi connectivity index (χ0n) is 14.6. The van der Waals surface area contributed by atoms with Crippen molar-refractivity contribution in [2.75, 3.05) is 13.1 Å². The smallest absolute Gasteiger partial charge is 0.298 e. The van der Waals surface area contributed by atoms with E-state index in [2.05, 4.69) is 4.98 Å². The lowest BCUT2D eigenvalue weighted by Gasteiger charge is -2.44. The van der Waals surface area contributed by atoms with Crippen LogP contribution in [-0.4, -0.2) is 33.7 Å². The number of rotatable bonds is 2. The van der Waals surface area contributed by atoms with Gasteiger partial charge in [0.05, 0.1) is 23.4 Å². The van der Waals surface area contributed by atoms with Crippen LogP contribution in [0.3, 0.4) is 0 Å². The number of para-hydroxylation sites is 1. The highest BCUT2D eigenvalue weighted by atomic mass is 19.4. The molecule has 25 heavy (non-hydrogen) atoms. The third kappa shape index (κ3) is 3.42. The van der Waals surface area contributed by atoms with Crippen LogP contribution in [0.15, 0.2) is 29.1 Å².